The maximum Gasteiger partial charge on any atom is 0.251 e. The van der Waals surface area contributed by atoms with Crippen LogP contribution in [0.2, 0.25) is 0 Å². The summed E-state index contributed by atoms with van der Waals surface area (Å²) in [5.41, 5.74) is 0. The molecular weight excluding hydrogens is 358 g/mol. The van der Waals surface area contributed by atoms with E-state index in [9.17, 15) is 8.78 Å². The Morgan fingerprint density at radius 1 is 1.27 bits per heavy atom. The minimum atomic E-state index is -2.25. The number of aliphatic imine (C=N–C) groups is 1. The van der Waals surface area contributed by atoms with Gasteiger partial charge in [0.25, 0.3) is 6.43 Å². The Hall–Kier alpha value is -0.600. The summed E-state index contributed by atoms with van der Waals surface area (Å²) in [6.07, 6.45) is 1.59. The minimum absolute atomic E-state index is 0.111. The van der Waals surface area contributed by atoms with Crippen LogP contribution in [0.4, 0.5) is 8.78 Å². The van der Waals surface area contributed by atoms with Gasteiger partial charge in [0.1, 0.15) is 0 Å². The number of alkyl halides is 2. The number of rotatable bonds is 8. The third-order valence-corrected chi connectivity index (χ3v) is 6.49. The maximum atomic E-state index is 12.5. The molecule has 0 radical (unpaired) electrons. The Morgan fingerprint density at radius 3 is 2.54 bits per heavy atom. The van der Waals surface area contributed by atoms with Crippen molar-refractivity contribution in [2.24, 2.45) is 4.99 Å². The maximum absolute atomic E-state index is 12.5. The Kier molecular flexibility index (Phi) is 9.42. The molecule has 0 amide bonds. The van der Waals surface area contributed by atoms with Gasteiger partial charge >= 0.3 is 0 Å². The first-order valence-corrected chi connectivity index (χ1v) is 10.8. The number of piperidine rings is 1. The topological polar surface area (TPSA) is 48.9 Å². The zero-order chi connectivity index (χ0) is 18.8. The summed E-state index contributed by atoms with van der Waals surface area (Å²) in [6, 6.07) is 0.297. The van der Waals surface area contributed by atoms with Crippen LogP contribution in [0.1, 0.15) is 39.5 Å². The predicted molar refractivity (Wildman–Crippen MR) is 105 cm³/mol. The number of hydrogen-bond acceptors (Lipinski definition) is 4. The van der Waals surface area contributed by atoms with Gasteiger partial charge in [0.15, 0.2) is 5.96 Å². The molecule has 2 aliphatic rings. The van der Waals surface area contributed by atoms with Gasteiger partial charge in [-0.25, -0.2) is 8.78 Å². The molecule has 0 aliphatic carbocycles. The molecule has 2 aliphatic heterocycles. The van der Waals surface area contributed by atoms with Crippen LogP contribution in [-0.2, 0) is 4.74 Å². The van der Waals surface area contributed by atoms with Crippen LogP contribution in [0.15, 0.2) is 4.99 Å². The summed E-state index contributed by atoms with van der Waals surface area (Å²) in [5.74, 6) is 1.93. The van der Waals surface area contributed by atoms with E-state index >= 15 is 0 Å². The van der Waals surface area contributed by atoms with Crippen molar-refractivity contribution in [3.05, 3.63) is 0 Å². The Bertz CT molecular complexity index is 420. The van der Waals surface area contributed by atoms with Gasteiger partial charge in [-0.05, 0) is 38.4 Å². The van der Waals surface area contributed by atoms with E-state index in [-0.39, 0.29) is 11.3 Å². The number of nitrogens with zero attached hydrogens (tertiary/aromatic N) is 2. The first-order chi connectivity index (χ1) is 12.6. The molecule has 8 heteroatoms. The first kappa shape index (κ1) is 21.7. The van der Waals surface area contributed by atoms with Crippen molar-refractivity contribution in [1.29, 1.82) is 0 Å². The fraction of sp³-hybridized carbons (Fsp3) is 0.944. The third kappa shape index (κ3) is 7.19. The quantitative estimate of drug-likeness (QED) is 0.491. The molecule has 2 heterocycles. The van der Waals surface area contributed by atoms with E-state index in [4.69, 9.17) is 9.73 Å². The number of halogens is 2. The fourth-order valence-corrected chi connectivity index (χ4v) is 4.81. The smallest absolute Gasteiger partial charge is 0.251 e. The largest absolute Gasteiger partial charge is 0.381 e. The molecule has 26 heavy (non-hydrogen) atoms. The standard InChI is InChI=1S/C18H34F2N4OS/c1-3-21-17(22-14-18(26-4-2)7-11-25-12-8-18)23-15-5-9-24(10-6-15)13-16(19)20/h15-16H,3-14H2,1-2H3,(H2,21,22,23). The summed E-state index contributed by atoms with van der Waals surface area (Å²) in [6.45, 7) is 8.81. The van der Waals surface area contributed by atoms with Gasteiger partial charge in [-0.3, -0.25) is 9.89 Å². The lowest BCUT2D eigenvalue weighted by molar-refractivity contribution is 0.0744. The number of guanidine groups is 1. The zero-order valence-corrected chi connectivity index (χ0v) is 16.9. The second-order valence-electron chi connectivity index (χ2n) is 7.03. The van der Waals surface area contributed by atoms with Gasteiger partial charge in [-0.15, -0.1) is 0 Å². The van der Waals surface area contributed by atoms with Gasteiger partial charge in [0, 0.05) is 43.6 Å². The number of hydrogen-bond donors (Lipinski definition) is 2. The third-order valence-electron chi connectivity index (χ3n) is 5.05. The van der Waals surface area contributed by atoms with E-state index in [2.05, 4.69) is 24.5 Å². The van der Waals surface area contributed by atoms with Gasteiger partial charge in [0.05, 0.1) is 13.1 Å². The van der Waals surface area contributed by atoms with E-state index in [0.29, 0.717) is 19.1 Å². The fourth-order valence-electron chi connectivity index (χ4n) is 3.59. The molecule has 0 aromatic heterocycles. The highest BCUT2D eigenvalue weighted by Gasteiger charge is 2.32. The lowest BCUT2D eigenvalue weighted by atomic mass is 9.99. The van der Waals surface area contributed by atoms with Crippen molar-refractivity contribution in [1.82, 2.24) is 15.5 Å². The Labute approximate surface area is 160 Å². The van der Waals surface area contributed by atoms with Gasteiger partial charge < -0.3 is 15.4 Å². The van der Waals surface area contributed by atoms with E-state index in [1.807, 2.05) is 16.7 Å². The van der Waals surface area contributed by atoms with Crippen molar-refractivity contribution in [2.75, 3.05) is 51.7 Å². The highest BCUT2D eigenvalue weighted by atomic mass is 32.2. The Balaban J connectivity index is 1.88. The molecule has 2 fully saturated rings. The summed E-state index contributed by atoms with van der Waals surface area (Å²) in [4.78, 5) is 6.72. The van der Waals surface area contributed by atoms with Crippen molar-refractivity contribution in [3.63, 3.8) is 0 Å². The lowest BCUT2D eigenvalue weighted by Gasteiger charge is -2.36. The molecule has 0 spiro atoms. The molecule has 0 aromatic rings. The first-order valence-electron chi connectivity index (χ1n) is 9.84. The SMILES string of the molecule is CCNC(=NCC1(SCC)CCOCC1)NC1CCN(CC(F)F)CC1. The average molecular weight is 393 g/mol. The number of nitrogens with one attached hydrogen (secondary N) is 2. The van der Waals surface area contributed by atoms with Crippen molar-refractivity contribution in [2.45, 2.75) is 56.7 Å². The molecule has 0 saturated carbocycles. The van der Waals surface area contributed by atoms with Crippen LogP contribution in [0, 0.1) is 0 Å². The zero-order valence-electron chi connectivity index (χ0n) is 16.1. The monoisotopic (exact) mass is 392 g/mol. The lowest BCUT2D eigenvalue weighted by Crippen LogP contribution is -2.49. The van der Waals surface area contributed by atoms with Gasteiger partial charge in [-0.2, -0.15) is 11.8 Å². The summed E-state index contributed by atoms with van der Waals surface area (Å²) >= 11 is 1.99. The van der Waals surface area contributed by atoms with Gasteiger partial charge in [-0.1, -0.05) is 6.92 Å². The number of ether oxygens (including phenoxy) is 1. The van der Waals surface area contributed by atoms with E-state index in [1.165, 1.54) is 0 Å². The van der Waals surface area contributed by atoms with E-state index < -0.39 is 6.43 Å². The molecular formula is C18H34F2N4OS. The van der Waals surface area contributed by atoms with E-state index in [0.717, 1.165) is 63.7 Å². The van der Waals surface area contributed by atoms with Crippen LogP contribution >= 0.6 is 11.8 Å². The van der Waals surface area contributed by atoms with Crippen LogP contribution in [0.3, 0.4) is 0 Å². The molecule has 5 nitrogen and oxygen atoms in total. The average Bonchev–Trinajstić information content (AvgIpc) is 2.62. The summed E-state index contributed by atoms with van der Waals surface area (Å²) in [7, 11) is 0. The molecule has 2 N–H and O–H groups in total. The molecule has 0 unspecified atom stereocenters. The van der Waals surface area contributed by atoms with Crippen molar-refractivity contribution < 1.29 is 13.5 Å². The highest BCUT2D eigenvalue weighted by molar-refractivity contribution is 8.00. The molecule has 152 valence electrons. The molecule has 2 saturated heterocycles. The van der Waals surface area contributed by atoms with Crippen LogP contribution in [0.25, 0.3) is 0 Å². The number of likely N-dealkylation sites (tertiary alicyclic amines) is 1. The van der Waals surface area contributed by atoms with Crippen LogP contribution in [0.5, 0.6) is 0 Å². The van der Waals surface area contributed by atoms with Crippen molar-refractivity contribution in [3.8, 4) is 0 Å². The highest BCUT2D eigenvalue weighted by Crippen LogP contribution is 2.35. The minimum Gasteiger partial charge on any atom is -0.381 e. The Morgan fingerprint density at radius 2 is 1.96 bits per heavy atom. The molecule has 2 rings (SSSR count). The second kappa shape index (κ2) is 11.3. The molecule has 0 aromatic carbocycles. The van der Waals surface area contributed by atoms with Crippen molar-refractivity contribution >= 4 is 17.7 Å². The predicted octanol–water partition coefficient (Wildman–Crippen LogP) is 2.57. The van der Waals surface area contributed by atoms with Gasteiger partial charge in [0.2, 0.25) is 0 Å². The number of thioether (sulfide) groups is 1. The second-order valence-corrected chi connectivity index (χ2v) is 8.77. The molecule has 0 atom stereocenters. The summed E-state index contributed by atoms with van der Waals surface area (Å²) in [5, 5.41) is 6.85. The van der Waals surface area contributed by atoms with E-state index in [1.54, 1.807) is 0 Å². The van der Waals surface area contributed by atoms with Crippen LogP contribution in [-0.4, -0.2) is 79.8 Å². The van der Waals surface area contributed by atoms with Crippen LogP contribution < -0.4 is 10.6 Å². The normalized spacial score (nSPS) is 22.6. The molecule has 0 bridgehead atoms. The summed E-state index contributed by atoms with van der Waals surface area (Å²) < 4.78 is 30.7.